The molecule has 1 fully saturated rings. The summed E-state index contributed by atoms with van der Waals surface area (Å²) < 4.78 is 0. The molecule has 1 atom stereocenters. The van der Waals surface area contributed by atoms with Gasteiger partial charge in [0.25, 0.3) is 0 Å². The van der Waals surface area contributed by atoms with E-state index in [1.54, 1.807) is 0 Å². The number of nitrogens with zero attached hydrogens (tertiary/aromatic N) is 1. The minimum Gasteiger partial charge on any atom is -0.383 e. The fourth-order valence-electron chi connectivity index (χ4n) is 3.05. The zero-order chi connectivity index (χ0) is 14.0. The van der Waals surface area contributed by atoms with Crippen LogP contribution in [0.3, 0.4) is 0 Å². The highest BCUT2D eigenvalue weighted by molar-refractivity contribution is 5.77. The first-order valence-electron chi connectivity index (χ1n) is 7.52. The number of guanidine groups is 1. The molecule has 0 bridgehead atoms. The Morgan fingerprint density at radius 1 is 1.40 bits per heavy atom. The average Bonchev–Trinajstić information content (AvgIpc) is 2.74. The molecule has 2 aliphatic carbocycles. The van der Waals surface area contributed by atoms with E-state index < -0.39 is 5.60 Å². The topological polar surface area (TPSA) is 70.6 Å². The maximum Gasteiger partial charge on any atom is 0.188 e. The van der Waals surface area contributed by atoms with E-state index in [0.717, 1.165) is 30.9 Å². The van der Waals surface area contributed by atoms with Crippen molar-refractivity contribution in [2.24, 2.45) is 16.6 Å². The summed E-state index contributed by atoms with van der Waals surface area (Å²) in [5, 5.41) is 13.9. The Hall–Kier alpha value is -1.55. The number of nitrogens with two attached hydrogens (primary N) is 1. The molecule has 20 heavy (non-hydrogen) atoms. The zero-order valence-corrected chi connectivity index (χ0v) is 11.8. The van der Waals surface area contributed by atoms with Crippen molar-refractivity contribution in [1.82, 2.24) is 5.32 Å². The van der Waals surface area contributed by atoms with Gasteiger partial charge in [-0.25, -0.2) is 0 Å². The smallest absolute Gasteiger partial charge is 0.188 e. The van der Waals surface area contributed by atoms with Crippen LogP contribution >= 0.6 is 0 Å². The van der Waals surface area contributed by atoms with Gasteiger partial charge in [0.1, 0.15) is 5.60 Å². The highest BCUT2D eigenvalue weighted by atomic mass is 16.3. The van der Waals surface area contributed by atoms with Gasteiger partial charge >= 0.3 is 0 Å². The fourth-order valence-corrected chi connectivity index (χ4v) is 3.05. The van der Waals surface area contributed by atoms with Crippen molar-refractivity contribution in [2.45, 2.75) is 37.7 Å². The van der Waals surface area contributed by atoms with E-state index >= 15 is 0 Å². The first-order chi connectivity index (χ1) is 9.67. The molecule has 1 aromatic rings. The monoisotopic (exact) mass is 273 g/mol. The lowest BCUT2D eigenvalue weighted by molar-refractivity contribution is 0.0486. The quantitative estimate of drug-likeness (QED) is 0.575. The molecule has 0 aromatic heterocycles. The largest absolute Gasteiger partial charge is 0.383 e. The molecule has 0 radical (unpaired) electrons. The van der Waals surface area contributed by atoms with Crippen LogP contribution in [0, 0.1) is 5.92 Å². The van der Waals surface area contributed by atoms with Crippen molar-refractivity contribution < 1.29 is 5.11 Å². The van der Waals surface area contributed by atoms with Gasteiger partial charge in [0.2, 0.25) is 0 Å². The molecule has 1 unspecified atom stereocenters. The first kappa shape index (κ1) is 13.4. The van der Waals surface area contributed by atoms with Gasteiger partial charge in [-0.2, -0.15) is 0 Å². The van der Waals surface area contributed by atoms with Crippen LogP contribution in [-0.4, -0.2) is 24.2 Å². The van der Waals surface area contributed by atoms with Crippen LogP contribution in [0.2, 0.25) is 0 Å². The van der Waals surface area contributed by atoms with E-state index in [0.29, 0.717) is 12.5 Å². The summed E-state index contributed by atoms with van der Waals surface area (Å²) in [5.74, 6) is 1.20. The number of fused-ring (bicyclic) bond motifs is 1. The van der Waals surface area contributed by atoms with Crippen molar-refractivity contribution in [1.29, 1.82) is 0 Å². The van der Waals surface area contributed by atoms with Crippen molar-refractivity contribution in [3.05, 3.63) is 35.4 Å². The van der Waals surface area contributed by atoms with E-state index in [2.05, 4.69) is 16.4 Å². The maximum absolute atomic E-state index is 10.7. The predicted molar refractivity (Wildman–Crippen MR) is 80.5 cm³/mol. The van der Waals surface area contributed by atoms with Gasteiger partial charge in [0.15, 0.2) is 5.96 Å². The van der Waals surface area contributed by atoms with Gasteiger partial charge < -0.3 is 16.2 Å². The molecule has 1 saturated carbocycles. The molecular formula is C16H23N3O. The molecule has 4 heteroatoms. The molecule has 4 nitrogen and oxygen atoms in total. The number of aliphatic imine (C=N–C) groups is 1. The Morgan fingerprint density at radius 3 is 2.95 bits per heavy atom. The third-order valence-electron chi connectivity index (χ3n) is 4.63. The minimum atomic E-state index is -0.848. The van der Waals surface area contributed by atoms with Crippen LogP contribution in [0.5, 0.6) is 0 Å². The predicted octanol–water partition coefficient (Wildman–Crippen LogP) is 1.52. The van der Waals surface area contributed by atoms with Gasteiger partial charge in [0.05, 0.1) is 6.54 Å². The molecule has 108 valence electrons. The number of aliphatic hydroxyl groups is 1. The Morgan fingerprint density at radius 2 is 2.20 bits per heavy atom. The van der Waals surface area contributed by atoms with E-state index in [9.17, 15) is 5.11 Å². The van der Waals surface area contributed by atoms with E-state index in [1.807, 2.05) is 18.2 Å². The Balaban J connectivity index is 1.59. The second-order valence-electron chi connectivity index (χ2n) is 6.07. The third-order valence-corrected chi connectivity index (χ3v) is 4.63. The molecule has 1 aromatic carbocycles. The summed E-state index contributed by atoms with van der Waals surface area (Å²) in [6, 6.07) is 8.06. The second kappa shape index (κ2) is 5.44. The summed E-state index contributed by atoms with van der Waals surface area (Å²) in [6.07, 6.45) is 5.55. The molecule has 3 rings (SSSR count). The van der Waals surface area contributed by atoms with Crippen LogP contribution < -0.4 is 11.1 Å². The second-order valence-corrected chi connectivity index (χ2v) is 6.07. The number of hydrogen-bond donors (Lipinski definition) is 3. The van der Waals surface area contributed by atoms with Gasteiger partial charge in [0, 0.05) is 6.54 Å². The summed E-state index contributed by atoms with van der Waals surface area (Å²) in [6.45, 7) is 1.25. The lowest BCUT2D eigenvalue weighted by Crippen LogP contribution is -2.38. The van der Waals surface area contributed by atoms with Crippen molar-refractivity contribution in [3.63, 3.8) is 0 Å². The Kier molecular flexibility index (Phi) is 3.66. The van der Waals surface area contributed by atoms with Crippen LogP contribution in [0.15, 0.2) is 29.3 Å². The van der Waals surface area contributed by atoms with E-state index in [1.165, 1.54) is 24.8 Å². The summed E-state index contributed by atoms with van der Waals surface area (Å²) >= 11 is 0. The summed E-state index contributed by atoms with van der Waals surface area (Å²) in [5.41, 5.74) is 7.28. The van der Waals surface area contributed by atoms with Crippen LogP contribution in [0.4, 0.5) is 0 Å². The highest BCUT2D eigenvalue weighted by Gasteiger charge is 2.36. The van der Waals surface area contributed by atoms with Gasteiger partial charge in [-0.1, -0.05) is 30.7 Å². The Bertz CT molecular complexity index is 510. The average molecular weight is 273 g/mol. The zero-order valence-electron chi connectivity index (χ0n) is 11.8. The van der Waals surface area contributed by atoms with Crippen molar-refractivity contribution >= 4 is 5.96 Å². The number of rotatable bonds is 4. The number of nitrogens with one attached hydrogen (secondary N) is 1. The molecule has 0 aliphatic heterocycles. The van der Waals surface area contributed by atoms with Crippen LogP contribution in [0.1, 0.15) is 36.8 Å². The van der Waals surface area contributed by atoms with Crippen LogP contribution in [-0.2, 0) is 12.0 Å². The van der Waals surface area contributed by atoms with Crippen LogP contribution in [0.25, 0.3) is 0 Å². The van der Waals surface area contributed by atoms with Gasteiger partial charge in [-0.3, -0.25) is 4.99 Å². The van der Waals surface area contributed by atoms with Gasteiger partial charge in [-0.05, 0) is 42.7 Å². The molecule has 0 spiro atoms. The lowest BCUT2D eigenvalue weighted by Gasteiger charge is -2.26. The minimum absolute atomic E-state index is 0.341. The van der Waals surface area contributed by atoms with Gasteiger partial charge in [-0.15, -0.1) is 0 Å². The van der Waals surface area contributed by atoms with Crippen molar-refractivity contribution in [2.75, 3.05) is 13.1 Å². The lowest BCUT2D eigenvalue weighted by atomic mass is 9.85. The van der Waals surface area contributed by atoms with E-state index in [4.69, 9.17) is 5.73 Å². The molecule has 0 saturated heterocycles. The molecule has 0 heterocycles. The normalized spacial score (nSPS) is 26.1. The molecule has 2 aliphatic rings. The number of hydrogen-bond acceptors (Lipinski definition) is 2. The highest BCUT2D eigenvalue weighted by Crippen LogP contribution is 2.36. The SMILES string of the molecule is NC(=NCC1(O)CCc2ccccc21)NCC1CCC1. The standard InChI is InChI=1S/C16H23N3O/c17-15(18-10-12-4-3-5-12)19-11-16(20)9-8-13-6-1-2-7-14(13)16/h1-2,6-7,12,20H,3-5,8-11H2,(H3,17,18,19). The summed E-state index contributed by atoms with van der Waals surface area (Å²) in [7, 11) is 0. The summed E-state index contributed by atoms with van der Waals surface area (Å²) in [4.78, 5) is 4.34. The number of benzene rings is 1. The Labute approximate surface area is 120 Å². The first-order valence-corrected chi connectivity index (χ1v) is 7.52. The molecule has 0 amide bonds. The maximum atomic E-state index is 10.7. The molecular weight excluding hydrogens is 250 g/mol. The number of aryl methyl sites for hydroxylation is 1. The third kappa shape index (κ3) is 2.66. The van der Waals surface area contributed by atoms with E-state index in [-0.39, 0.29) is 0 Å². The molecule has 4 N–H and O–H groups in total. The fraction of sp³-hybridized carbons (Fsp3) is 0.562. The van der Waals surface area contributed by atoms with Crippen molar-refractivity contribution in [3.8, 4) is 0 Å².